The summed E-state index contributed by atoms with van der Waals surface area (Å²) in [7, 11) is 0. The maximum absolute atomic E-state index is 13.5. The summed E-state index contributed by atoms with van der Waals surface area (Å²) in [6.45, 7) is 0. The molecule has 10 nitrogen and oxygen atoms in total. The summed E-state index contributed by atoms with van der Waals surface area (Å²) >= 11 is 3.29. The second-order valence-corrected chi connectivity index (χ2v) is 9.81. The third-order valence-electron chi connectivity index (χ3n) is 6.95. The highest BCUT2D eigenvalue weighted by molar-refractivity contribution is 9.09. The molecule has 0 saturated carbocycles. The van der Waals surface area contributed by atoms with Crippen LogP contribution in [0.15, 0.2) is 34.8 Å². The molecule has 4 atom stereocenters. The topological polar surface area (TPSA) is 187 Å². The molecule has 3 unspecified atom stereocenters. The number of Topliss-reactive ketones (excluding diaryl/α,β-unsaturated/α-hetero) is 2. The fourth-order valence-corrected chi connectivity index (χ4v) is 5.70. The zero-order chi connectivity index (χ0) is 25.6. The van der Waals surface area contributed by atoms with Crippen LogP contribution < -0.4 is 11.1 Å². The number of aliphatic hydroxyl groups excluding tert-OH is 3. The third-order valence-corrected chi connectivity index (χ3v) is 7.51. The number of nitrogens with two attached hydrogens (primary N) is 1. The summed E-state index contributed by atoms with van der Waals surface area (Å²) in [5, 5.41) is 46.4. The number of halogens is 1. The Morgan fingerprint density at radius 3 is 2.49 bits per heavy atom. The number of nitrogens with one attached hydrogen (secondary N) is 1. The molecule has 3 aliphatic rings. The number of phenolic OH excluding ortho intramolecular Hbond substituents is 1. The highest BCUT2D eigenvalue weighted by Crippen LogP contribution is 2.50. The predicted molar refractivity (Wildman–Crippen MR) is 127 cm³/mol. The maximum atomic E-state index is 13.5. The van der Waals surface area contributed by atoms with Gasteiger partial charge in [-0.05, 0) is 30.9 Å². The smallest absolute Gasteiger partial charge is 0.255 e. The number of carbonyl (C=O) groups is 4. The molecule has 0 radical (unpaired) electrons. The van der Waals surface area contributed by atoms with Crippen LogP contribution in [0.4, 0.5) is 5.69 Å². The molecular weight excluding hydrogens is 524 g/mol. The van der Waals surface area contributed by atoms with E-state index in [1.165, 1.54) is 6.07 Å². The zero-order valence-corrected chi connectivity index (χ0v) is 20.2. The van der Waals surface area contributed by atoms with Crippen molar-refractivity contribution >= 4 is 45.0 Å². The number of aliphatic hydroxyl groups is 3. The number of carbonyl (C=O) groups excluding carboxylic acids is 4. The van der Waals surface area contributed by atoms with E-state index in [1.807, 2.05) is 0 Å². The highest BCUT2D eigenvalue weighted by atomic mass is 79.9. The molecule has 3 aliphatic carbocycles. The van der Waals surface area contributed by atoms with E-state index in [0.29, 0.717) is 12.0 Å². The Labute approximate surface area is 208 Å². The van der Waals surface area contributed by atoms with Crippen LogP contribution in [0.3, 0.4) is 0 Å². The highest BCUT2D eigenvalue weighted by Gasteiger charge is 2.54. The summed E-state index contributed by atoms with van der Waals surface area (Å²) in [4.78, 5) is 50.3. The van der Waals surface area contributed by atoms with Gasteiger partial charge in [0.2, 0.25) is 5.91 Å². The predicted octanol–water partition coefficient (Wildman–Crippen LogP) is 1.94. The van der Waals surface area contributed by atoms with E-state index in [1.54, 1.807) is 6.07 Å². The van der Waals surface area contributed by atoms with Gasteiger partial charge in [0, 0.05) is 35.6 Å². The van der Waals surface area contributed by atoms with Crippen LogP contribution >= 0.6 is 15.9 Å². The van der Waals surface area contributed by atoms with Crippen molar-refractivity contribution in [2.24, 2.45) is 23.5 Å². The van der Waals surface area contributed by atoms with Gasteiger partial charge in [-0.3, -0.25) is 19.2 Å². The number of fused-ring (bicyclic) bond motifs is 3. The normalized spacial score (nSPS) is 25.7. The van der Waals surface area contributed by atoms with E-state index in [9.17, 15) is 39.6 Å². The lowest BCUT2D eigenvalue weighted by atomic mass is 9.61. The van der Waals surface area contributed by atoms with E-state index >= 15 is 0 Å². The Kier molecular flexibility index (Phi) is 6.74. The monoisotopic (exact) mass is 548 g/mol. The molecule has 7 N–H and O–H groups in total. The molecule has 0 heterocycles. The first-order valence-corrected chi connectivity index (χ1v) is 12.3. The van der Waals surface area contributed by atoms with E-state index in [-0.39, 0.29) is 42.0 Å². The Morgan fingerprint density at radius 1 is 1.11 bits per heavy atom. The van der Waals surface area contributed by atoms with Crippen molar-refractivity contribution in [2.45, 2.75) is 38.2 Å². The quantitative estimate of drug-likeness (QED) is 0.134. The molecule has 0 aromatic heterocycles. The molecule has 11 heteroatoms. The van der Waals surface area contributed by atoms with Crippen LogP contribution in [0.25, 0.3) is 0 Å². The van der Waals surface area contributed by atoms with Gasteiger partial charge in [-0.15, -0.1) is 0 Å². The number of ketones is 2. The van der Waals surface area contributed by atoms with Gasteiger partial charge in [0.25, 0.3) is 5.91 Å². The standard InChI is InChI=1S/C24H25BrN2O8/c25-6-2-1-3-14(29)27-12-5-4-9-7-10-16(21(32)15(9)20(12)31)22(33)17-11(19(10)30)8-13(28)18(23(17)34)24(26)35/h4-5,10-11,17,19,28,30-31,33H,1-3,6-8H2,(H2,26,35)(H,27,29)/t10?,11?,17?,19-/m0/s1. The molecule has 4 rings (SSSR count). The van der Waals surface area contributed by atoms with Gasteiger partial charge in [0.1, 0.15) is 17.1 Å². The number of allylic oxidation sites excluding steroid dienone is 2. The minimum absolute atomic E-state index is 0.0336. The molecule has 0 saturated heterocycles. The summed E-state index contributed by atoms with van der Waals surface area (Å²) in [5.41, 5.74) is 4.61. The lowest BCUT2D eigenvalue weighted by Crippen LogP contribution is -2.50. The number of anilines is 1. The SMILES string of the molecule is NC(=O)C1=C(O)CC2C(C1=O)C(O)=C1C(=O)c3c(ccc(NC(=O)CCCCBr)c3O)CC1[C@@H]2O. The Morgan fingerprint density at radius 2 is 1.83 bits per heavy atom. The largest absolute Gasteiger partial charge is 0.511 e. The summed E-state index contributed by atoms with van der Waals surface area (Å²) in [5.74, 6) is -8.18. The van der Waals surface area contributed by atoms with Crippen molar-refractivity contribution in [3.8, 4) is 5.75 Å². The molecule has 0 bridgehead atoms. The molecule has 35 heavy (non-hydrogen) atoms. The van der Waals surface area contributed by atoms with Gasteiger partial charge >= 0.3 is 0 Å². The molecule has 1 aromatic rings. The van der Waals surface area contributed by atoms with Crippen LogP contribution in [0.1, 0.15) is 41.6 Å². The van der Waals surface area contributed by atoms with Gasteiger partial charge in [0.15, 0.2) is 17.3 Å². The number of alkyl halides is 1. The van der Waals surface area contributed by atoms with E-state index in [4.69, 9.17) is 5.73 Å². The molecular formula is C24H25BrN2O8. The van der Waals surface area contributed by atoms with E-state index in [0.717, 1.165) is 11.8 Å². The minimum Gasteiger partial charge on any atom is -0.511 e. The average Bonchev–Trinajstić information content (AvgIpc) is 2.78. The van der Waals surface area contributed by atoms with E-state index < -0.39 is 64.2 Å². The van der Waals surface area contributed by atoms with Crippen LogP contribution in [0, 0.1) is 17.8 Å². The van der Waals surface area contributed by atoms with Gasteiger partial charge in [-0.2, -0.15) is 0 Å². The Hall–Kier alpha value is -3.18. The molecule has 1 aromatic carbocycles. The first-order chi connectivity index (χ1) is 16.6. The minimum atomic E-state index is -1.43. The molecule has 0 aliphatic heterocycles. The number of rotatable bonds is 6. The third kappa shape index (κ3) is 4.12. The van der Waals surface area contributed by atoms with Gasteiger partial charge in [-0.25, -0.2) is 0 Å². The number of benzene rings is 1. The lowest BCUT2D eigenvalue weighted by Gasteiger charge is -2.44. The summed E-state index contributed by atoms with van der Waals surface area (Å²) < 4.78 is 0. The first-order valence-electron chi connectivity index (χ1n) is 11.2. The van der Waals surface area contributed by atoms with Crippen molar-refractivity contribution in [2.75, 3.05) is 10.6 Å². The molecule has 0 spiro atoms. The molecule has 0 fully saturated rings. The number of aromatic hydroxyl groups is 1. The lowest BCUT2D eigenvalue weighted by molar-refractivity contribution is -0.128. The number of hydrogen-bond donors (Lipinski definition) is 6. The fraction of sp³-hybridized carbons (Fsp3) is 0.417. The molecule has 186 valence electrons. The second-order valence-electron chi connectivity index (χ2n) is 9.02. The van der Waals surface area contributed by atoms with Crippen molar-refractivity contribution in [1.29, 1.82) is 0 Å². The number of amides is 2. The first kappa shape index (κ1) is 24.9. The van der Waals surface area contributed by atoms with Gasteiger partial charge in [-0.1, -0.05) is 22.0 Å². The van der Waals surface area contributed by atoms with Crippen molar-refractivity contribution < 1.29 is 39.6 Å². The number of unbranched alkanes of at least 4 members (excludes halogenated alkanes) is 1. The second kappa shape index (κ2) is 9.46. The zero-order valence-electron chi connectivity index (χ0n) is 18.6. The van der Waals surface area contributed by atoms with Gasteiger partial charge < -0.3 is 31.5 Å². The van der Waals surface area contributed by atoms with Crippen molar-refractivity contribution in [3.63, 3.8) is 0 Å². The van der Waals surface area contributed by atoms with Crippen molar-refractivity contribution in [3.05, 3.63) is 45.9 Å². The Bertz CT molecular complexity index is 1200. The van der Waals surface area contributed by atoms with Crippen LogP contribution in [0.2, 0.25) is 0 Å². The average molecular weight is 549 g/mol. The van der Waals surface area contributed by atoms with Crippen LogP contribution in [-0.2, 0) is 20.8 Å². The number of phenols is 1. The van der Waals surface area contributed by atoms with E-state index in [2.05, 4.69) is 21.2 Å². The maximum Gasteiger partial charge on any atom is 0.255 e. The summed E-state index contributed by atoms with van der Waals surface area (Å²) in [6.07, 6.45) is 0.166. The van der Waals surface area contributed by atoms with Crippen LogP contribution in [0.5, 0.6) is 5.75 Å². The molecule has 2 amide bonds. The van der Waals surface area contributed by atoms with Gasteiger partial charge in [0.05, 0.1) is 23.3 Å². The Balaban J connectivity index is 1.72. The number of hydrogen-bond acceptors (Lipinski definition) is 8. The fourth-order valence-electron chi connectivity index (χ4n) is 5.30. The number of primary amides is 1. The van der Waals surface area contributed by atoms with Crippen molar-refractivity contribution in [1.82, 2.24) is 0 Å². The summed E-state index contributed by atoms with van der Waals surface area (Å²) in [6, 6.07) is 3.02. The van der Waals surface area contributed by atoms with Crippen LogP contribution in [-0.4, -0.2) is 55.2 Å².